The number of hydrogen-bond acceptors (Lipinski definition) is 3. The van der Waals surface area contributed by atoms with E-state index >= 15 is 0 Å². The van der Waals surface area contributed by atoms with E-state index in [2.05, 4.69) is 0 Å². The number of hydrogen-bond donors (Lipinski definition) is 0. The summed E-state index contributed by atoms with van der Waals surface area (Å²) < 4.78 is 10.8. The number of Topliss-reactive ketones (excluding diaryl/α,β-unsaturated/α-hetero) is 1. The first-order valence-electron chi connectivity index (χ1n) is 7.20. The average Bonchev–Trinajstić information content (AvgIpc) is 2.56. The van der Waals surface area contributed by atoms with Crippen molar-refractivity contribution >= 4 is 40.6 Å². The lowest BCUT2D eigenvalue weighted by Crippen LogP contribution is -2.26. The Morgan fingerprint density at radius 3 is 2.21 bits per heavy atom. The predicted molar refractivity (Wildman–Crippen MR) is 98.4 cm³/mol. The van der Waals surface area contributed by atoms with Gasteiger partial charge in [-0.25, -0.2) is 0 Å². The molecule has 2 aromatic carbocycles. The summed E-state index contributed by atoms with van der Waals surface area (Å²) in [6.07, 6.45) is 0. The minimum Gasteiger partial charge on any atom is -0.495 e. The molecule has 2 aromatic rings. The van der Waals surface area contributed by atoms with Gasteiger partial charge >= 0.3 is 0 Å². The Balaban J connectivity index is 2.24. The number of ketones is 1. The van der Waals surface area contributed by atoms with E-state index in [1.807, 2.05) is 0 Å². The number of ether oxygens (including phenoxy) is 2. The van der Waals surface area contributed by atoms with Gasteiger partial charge in [0.1, 0.15) is 17.2 Å². The van der Waals surface area contributed by atoms with Crippen molar-refractivity contribution in [2.45, 2.75) is 13.8 Å². The van der Waals surface area contributed by atoms with Crippen molar-refractivity contribution in [1.82, 2.24) is 0 Å². The van der Waals surface area contributed by atoms with Gasteiger partial charge in [-0.1, -0.05) is 37.0 Å². The van der Waals surface area contributed by atoms with Gasteiger partial charge < -0.3 is 9.47 Å². The van der Waals surface area contributed by atoms with E-state index in [0.29, 0.717) is 32.9 Å². The molecule has 0 atom stereocenters. The van der Waals surface area contributed by atoms with Crippen LogP contribution in [0.2, 0.25) is 10.0 Å². The Labute approximate surface area is 156 Å². The van der Waals surface area contributed by atoms with Crippen LogP contribution in [-0.4, -0.2) is 18.8 Å². The number of alkyl halides is 1. The summed E-state index contributed by atoms with van der Waals surface area (Å²) in [6, 6.07) is 9.95. The first kappa shape index (κ1) is 18.9. The molecule has 2 rings (SSSR count). The van der Waals surface area contributed by atoms with Gasteiger partial charge in [-0.2, -0.15) is 0 Å². The standard InChI is InChI=1S/C18H17Cl3O3/c1-18(2,10-19)17(22)11-4-6-16(13(20)8-11)24-12-5-7-15(23-3)14(21)9-12/h4-9H,10H2,1-3H3. The Morgan fingerprint density at radius 1 is 1.04 bits per heavy atom. The first-order chi connectivity index (χ1) is 11.3. The SMILES string of the molecule is COc1ccc(Oc2ccc(C(=O)C(C)(C)CCl)cc2Cl)cc1Cl. The number of carbonyl (C=O) groups is 1. The van der Waals surface area contributed by atoms with E-state index in [-0.39, 0.29) is 11.7 Å². The van der Waals surface area contributed by atoms with E-state index in [4.69, 9.17) is 44.3 Å². The second-order valence-corrected chi connectivity index (χ2v) is 6.97. The zero-order valence-electron chi connectivity index (χ0n) is 13.5. The highest BCUT2D eigenvalue weighted by molar-refractivity contribution is 6.33. The molecule has 0 aliphatic carbocycles. The highest BCUT2D eigenvalue weighted by atomic mass is 35.5. The second kappa shape index (κ2) is 7.64. The lowest BCUT2D eigenvalue weighted by molar-refractivity contribution is 0.0862. The Morgan fingerprint density at radius 2 is 1.67 bits per heavy atom. The van der Waals surface area contributed by atoms with Gasteiger partial charge in [0.05, 0.1) is 17.2 Å². The molecule has 0 unspecified atom stereocenters. The van der Waals surface area contributed by atoms with Gasteiger partial charge in [0.2, 0.25) is 0 Å². The summed E-state index contributed by atoms with van der Waals surface area (Å²) in [5.74, 6) is 1.66. The van der Waals surface area contributed by atoms with Crippen LogP contribution in [0.15, 0.2) is 36.4 Å². The van der Waals surface area contributed by atoms with Crippen LogP contribution in [0, 0.1) is 5.41 Å². The fourth-order valence-corrected chi connectivity index (χ4v) is 2.60. The Kier molecular flexibility index (Phi) is 6.02. The molecule has 0 spiro atoms. The van der Waals surface area contributed by atoms with Crippen LogP contribution < -0.4 is 9.47 Å². The highest BCUT2D eigenvalue weighted by Crippen LogP contribution is 2.35. The molecule has 0 N–H and O–H groups in total. The van der Waals surface area contributed by atoms with E-state index in [1.165, 1.54) is 7.11 Å². The number of methoxy groups -OCH3 is 1. The van der Waals surface area contributed by atoms with E-state index < -0.39 is 5.41 Å². The minimum absolute atomic E-state index is 0.0709. The van der Waals surface area contributed by atoms with Gasteiger partial charge in [-0.05, 0) is 30.3 Å². The number of carbonyl (C=O) groups excluding carboxylic acids is 1. The molecule has 0 fully saturated rings. The minimum atomic E-state index is -0.656. The number of benzene rings is 2. The van der Waals surface area contributed by atoms with Crippen molar-refractivity contribution in [3.8, 4) is 17.2 Å². The first-order valence-corrected chi connectivity index (χ1v) is 8.49. The molecule has 0 aliphatic heterocycles. The number of rotatable bonds is 6. The number of halogens is 3. The zero-order valence-corrected chi connectivity index (χ0v) is 15.8. The molecular weight excluding hydrogens is 371 g/mol. The van der Waals surface area contributed by atoms with Crippen LogP contribution in [0.3, 0.4) is 0 Å². The zero-order chi connectivity index (χ0) is 17.9. The molecule has 0 heterocycles. The maximum absolute atomic E-state index is 12.4. The molecule has 0 aliphatic rings. The molecule has 0 amide bonds. The summed E-state index contributed by atoms with van der Waals surface area (Å²) in [5.41, 5.74) is -0.165. The molecule has 0 saturated heterocycles. The summed E-state index contributed by atoms with van der Waals surface area (Å²) in [4.78, 5) is 12.4. The van der Waals surface area contributed by atoms with E-state index in [9.17, 15) is 4.79 Å². The molecule has 0 saturated carbocycles. The summed E-state index contributed by atoms with van der Waals surface area (Å²) >= 11 is 18.2. The molecule has 0 aromatic heterocycles. The normalized spacial score (nSPS) is 11.2. The second-order valence-electron chi connectivity index (χ2n) is 5.89. The van der Waals surface area contributed by atoms with Crippen molar-refractivity contribution < 1.29 is 14.3 Å². The van der Waals surface area contributed by atoms with E-state index in [0.717, 1.165) is 0 Å². The van der Waals surface area contributed by atoms with Crippen LogP contribution in [0.4, 0.5) is 0 Å². The third-order valence-corrected chi connectivity index (χ3v) is 4.75. The molecule has 0 bridgehead atoms. The third kappa shape index (κ3) is 4.15. The van der Waals surface area contributed by atoms with Crippen LogP contribution in [0.5, 0.6) is 17.2 Å². The third-order valence-electron chi connectivity index (χ3n) is 3.49. The largest absolute Gasteiger partial charge is 0.495 e. The monoisotopic (exact) mass is 386 g/mol. The van der Waals surface area contributed by atoms with Crippen LogP contribution in [0.1, 0.15) is 24.2 Å². The maximum Gasteiger partial charge on any atom is 0.169 e. The topological polar surface area (TPSA) is 35.5 Å². The van der Waals surface area contributed by atoms with E-state index in [1.54, 1.807) is 50.2 Å². The molecular formula is C18H17Cl3O3. The average molecular weight is 388 g/mol. The quantitative estimate of drug-likeness (QED) is 0.434. The molecule has 128 valence electrons. The summed E-state index contributed by atoms with van der Waals surface area (Å²) in [5, 5.41) is 0.764. The smallest absolute Gasteiger partial charge is 0.169 e. The summed E-state index contributed by atoms with van der Waals surface area (Å²) in [6.45, 7) is 3.58. The van der Waals surface area contributed by atoms with Gasteiger partial charge in [0, 0.05) is 22.9 Å². The molecule has 0 radical (unpaired) electrons. The van der Waals surface area contributed by atoms with Gasteiger partial charge in [0.25, 0.3) is 0 Å². The van der Waals surface area contributed by atoms with Crippen LogP contribution in [0.25, 0.3) is 0 Å². The van der Waals surface area contributed by atoms with Gasteiger partial charge in [0.15, 0.2) is 5.78 Å². The van der Waals surface area contributed by atoms with Crippen molar-refractivity contribution in [3.63, 3.8) is 0 Å². The van der Waals surface area contributed by atoms with Gasteiger partial charge in [-0.3, -0.25) is 4.79 Å². The van der Waals surface area contributed by atoms with Gasteiger partial charge in [-0.15, -0.1) is 11.6 Å². The van der Waals surface area contributed by atoms with Crippen molar-refractivity contribution in [1.29, 1.82) is 0 Å². The van der Waals surface area contributed by atoms with Crippen molar-refractivity contribution in [2.75, 3.05) is 13.0 Å². The van der Waals surface area contributed by atoms with Crippen molar-refractivity contribution in [2.24, 2.45) is 5.41 Å². The molecule has 6 heteroatoms. The maximum atomic E-state index is 12.4. The fourth-order valence-electron chi connectivity index (χ4n) is 2.01. The Hall–Kier alpha value is -1.42. The highest BCUT2D eigenvalue weighted by Gasteiger charge is 2.28. The summed E-state index contributed by atoms with van der Waals surface area (Å²) in [7, 11) is 1.54. The van der Waals surface area contributed by atoms with Crippen LogP contribution in [-0.2, 0) is 0 Å². The molecule has 24 heavy (non-hydrogen) atoms. The lowest BCUT2D eigenvalue weighted by Gasteiger charge is -2.20. The predicted octanol–water partition coefficient (Wildman–Crippen LogP) is 6.24. The lowest BCUT2D eigenvalue weighted by atomic mass is 9.86. The Bertz CT molecular complexity index is 757. The van der Waals surface area contributed by atoms with Crippen LogP contribution >= 0.6 is 34.8 Å². The molecule has 3 nitrogen and oxygen atoms in total. The fraction of sp³-hybridized carbons (Fsp3) is 0.278. The van der Waals surface area contributed by atoms with Crippen molar-refractivity contribution in [3.05, 3.63) is 52.0 Å².